The lowest BCUT2D eigenvalue weighted by atomic mass is 9.72. The second-order valence-corrected chi connectivity index (χ2v) is 6.35. The summed E-state index contributed by atoms with van der Waals surface area (Å²) >= 11 is 0. The Morgan fingerprint density at radius 3 is 2.37 bits per heavy atom. The second kappa shape index (κ2) is 8.23. The van der Waals surface area contributed by atoms with Gasteiger partial charge in [-0.05, 0) is 65.6 Å². The van der Waals surface area contributed by atoms with Gasteiger partial charge in [-0.25, -0.2) is 0 Å². The monoisotopic (exact) mass is 270 g/mol. The Hall–Kier alpha value is -0.120. The smallest absolute Gasteiger partial charge is 0.0637 e. The molecule has 1 aliphatic carbocycles. The first-order valence-corrected chi connectivity index (χ1v) is 8.05. The van der Waals surface area contributed by atoms with Crippen LogP contribution in [0.4, 0.5) is 0 Å². The van der Waals surface area contributed by atoms with Gasteiger partial charge in [-0.3, -0.25) is 0 Å². The van der Waals surface area contributed by atoms with E-state index in [1.807, 2.05) is 0 Å². The van der Waals surface area contributed by atoms with Gasteiger partial charge in [0.2, 0.25) is 0 Å². The molecule has 1 aliphatic rings. The number of likely N-dealkylation sites (N-methyl/N-ethyl adjacent to an activating group) is 1. The Bertz CT molecular complexity index is 227. The molecule has 1 unspecified atom stereocenters. The molecule has 0 bridgehead atoms. The average molecular weight is 270 g/mol. The molecular formula is C16H34N2O. The number of ether oxygens (including phenoxy) is 1. The van der Waals surface area contributed by atoms with Gasteiger partial charge in [0.05, 0.1) is 6.61 Å². The van der Waals surface area contributed by atoms with Crippen LogP contribution in [0.3, 0.4) is 0 Å². The van der Waals surface area contributed by atoms with Crippen molar-refractivity contribution in [3.05, 3.63) is 0 Å². The van der Waals surface area contributed by atoms with Gasteiger partial charge < -0.3 is 15.0 Å². The molecule has 0 aromatic heterocycles. The van der Waals surface area contributed by atoms with Crippen LogP contribution < -0.4 is 5.32 Å². The zero-order chi connectivity index (χ0) is 14.3. The van der Waals surface area contributed by atoms with Crippen LogP contribution in [0.2, 0.25) is 0 Å². The summed E-state index contributed by atoms with van der Waals surface area (Å²) in [7, 11) is 4.48. The van der Waals surface area contributed by atoms with E-state index in [1.54, 1.807) is 0 Å². The third-order valence-corrected chi connectivity index (χ3v) is 4.81. The number of nitrogens with one attached hydrogen (secondary N) is 1. The molecular weight excluding hydrogens is 236 g/mol. The maximum atomic E-state index is 5.76. The lowest BCUT2D eigenvalue weighted by Gasteiger charge is -2.50. The summed E-state index contributed by atoms with van der Waals surface area (Å²) in [5, 5.41) is 3.74. The maximum Gasteiger partial charge on any atom is 0.0637 e. The van der Waals surface area contributed by atoms with E-state index >= 15 is 0 Å². The summed E-state index contributed by atoms with van der Waals surface area (Å²) in [5.74, 6) is 0.881. The van der Waals surface area contributed by atoms with Crippen LogP contribution in [0.25, 0.3) is 0 Å². The largest absolute Gasteiger partial charge is 0.380 e. The Morgan fingerprint density at radius 1 is 1.26 bits per heavy atom. The maximum absolute atomic E-state index is 5.76. The van der Waals surface area contributed by atoms with E-state index in [9.17, 15) is 0 Å². The van der Waals surface area contributed by atoms with Crippen LogP contribution in [0.1, 0.15) is 52.9 Å². The van der Waals surface area contributed by atoms with Gasteiger partial charge in [-0.2, -0.15) is 0 Å². The summed E-state index contributed by atoms with van der Waals surface area (Å²) in [6.45, 7) is 9.44. The third kappa shape index (κ3) is 4.44. The van der Waals surface area contributed by atoms with Crippen molar-refractivity contribution in [3.8, 4) is 0 Å². The minimum absolute atomic E-state index is 0.275. The van der Waals surface area contributed by atoms with Crippen molar-refractivity contribution < 1.29 is 4.74 Å². The van der Waals surface area contributed by atoms with E-state index in [2.05, 4.69) is 45.1 Å². The molecule has 1 fully saturated rings. The minimum Gasteiger partial charge on any atom is -0.380 e. The van der Waals surface area contributed by atoms with Crippen LogP contribution in [0.15, 0.2) is 0 Å². The Labute approximate surface area is 120 Å². The van der Waals surface area contributed by atoms with E-state index in [0.717, 1.165) is 25.7 Å². The summed E-state index contributed by atoms with van der Waals surface area (Å²) < 4.78 is 5.76. The van der Waals surface area contributed by atoms with Gasteiger partial charge >= 0.3 is 0 Å². The van der Waals surface area contributed by atoms with Gasteiger partial charge in [0.15, 0.2) is 0 Å². The fraction of sp³-hybridized carbons (Fsp3) is 1.00. The van der Waals surface area contributed by atoms with Crippen LogP contribution in [0, 0.1) is 5.92 Å². The fourth-order valence-corrected chi connectivity index (χ4v) is 3.33. The summed E-state index contributed by atoms with van der Waals surface area (Å²) in [6.07, 6.45) is 6.44. The summed E-state index contributed by atoms with van der Waals surface area (Å²) in [5.41, 5.74) is 0.275. The number of nitrogens with zero attached hydrogens (tertiary/aromatic N) is 1. The Balaban J connectivity index is 2.77. The molecule has 19 heavy (non-hydrogen) atoms. The number of rotatable bonds is 8. The molecule has 1 rings (SSSR count). The molecule has 0 aromatic rings. The second-order valence-electron chi connectivity index (χ2n) is 6.35. The average Bonchev–Trinajstić information content (AvgIpc) is 2.40. The van der Waals surface area contributed by atoms with Crippen molar-refractivity contribution in [3.63, 3.8) is 0 Å². The van der Waals surface area contributed by atoms with Gasteiger partial charge in [0.1, 0.15) is 0 Å². The molecule has 0 amide bonds. The normalized spacial score (nSPS) is 29.7. The number of hydrogen-bond acceptors (Lipinski definition) is 3. The van der Waals surface area contributed by atoms with Gasteiger partial charge in [0.25, 0.3) is 0 Å². The minimum atomic E-state index is 0.275. The first kappa shape index (κ1) is 16.9. The first-order valence-electron chi connectivity index (χ1n) is 8.05. The molecule has 1 N–H and O–H groups in total. The molecule has 1 saturated carbocycles. The summed E-state index contributed by atoms with van der Waals surface area (Å²) in [4.78, 5) is 2.45. The highest BCUT2D eigenvalue weighted by atomic mass is 16.5. The van der Waals surface area contributed by atoms with Crippen molar-refractivity contribution in [2.75, 3.05) is 33.9 Å². The predicted octanol–water partition coefficient (Wildman–Crippen LogP) is 2.90. The van der Waals surface area contributed by atoms with Crippen molar-refractivity contribution in [1.82, 2.24) is 10.2 Å². The summed E-state index contributed by atoms with van der Waals surface area (Å²) in [6, 6.07) is 0.454. The highest BCUT2D eigenvalue weighted by Crippen LogP contribution is 2.37. The molecule has 114 valence electrons. The van der Waals surface area contributed by atoms with Crippen LogP contribution in [-0.4, -0.2) is 50.3 Å². The fourth-order valence-electron chi connectivity index (χ4n) is 3.33. The zero-order valence-electron chi connectivity index (χ0n) is 13.7. The van der Waals surface area contributed by atoms with E-state index in [4.69, 9.17) is 4.74 Å². The Kier molecular flexibility index (Phi) is 7.33. The SMILES string of the molecule is CCCNC(COCC)C1(N(C)C)CCC(C)CC1. The molecule has 0 aromatic carbocycles. The molecule has 3 heteroatoms. The van der Waals surface area contributed by atoms with Gasteiger partial charge in [-0.1, -0.05) is 13.8 Å². The van der Waals surface area contributed by atoms with Crippen LogP contribution >= 0.6 is 0 Å². The van der Waals surface area contributed by atoms with Gasteiger partial charge in [-0.15, -0.1) is 0 Å². The Morgan fingerprint density at radius 2 is 1.89 bits per heavy atom. The van der Waals surface area contributed by atoms with E-state index in [1.165, 1.54) is 32.1 Å². The zero-order valence-corrected chi connectivity index (χ0v) is 13.7. The van der Waals surface area contributed by atoms with Crippen molar-refractivity contribution in [2.24, 2.45) is 5.92 Å². The van der Waals surface area contributed by atoms with Crippen LogP contribution in [0.5, 0.6) is 0 Å². The quantitative estimate of drug-likeness (QED) is 0.734. The first-order chi connectivity index (χ1) is 9.06. The molecule has 3 nitrogen and oxygen atoms in total. The predicted molar refractivity (Wildman–Crippen MR) is 82.6 cm³/mol. The van der Waals surface area contributed by atoms with E-state index in [0.29, 0.717) is 6.04 Å². The third-order valence-electron chi connectivity index (χ3n) is 4.81. The lowest BCUT2D eigenvalue weighted by molar-refractivity contribution is 0.00234. The molecule has 0 heterocycles. The molecule has 0 aliphatic heterocycles. The van der Waals surface area contributed by atoms with Crippen molar-refractivity contribution in [2.45, 2.75) is 64.5 Å². The lowest BCUT2D eigenvalue weighted by Crippen LogP contribution is -2.62. The van der Waals surface area contributed by atoms with E-state index in [-0.39, 0.29) is 5.54 Å². The standard InChI is InChI=1S/C16H34N2O/c1-6-12-17-15(13-19-7-2)16(18(4)5)10-8-14(3)9-11-16/h14-15,17H,6-13H2,1-5H3. The van der Waals surface area contributed by atoms with Crippen molar-refractivity contribution >= 4 is 0 Å². The highest BCUT2D eigenvalue weighted by Gasteiger charge is 2.42. The molecule has 0 spiro atoms. The van der Waals surface area contributed by atoms with E-state index < -0.39 is 0 Å². The molecule has 0 radical (unpaired) electrons. The topological polar surface area (TPSA) is 24.5 Å². The number of hydrogen-bond donors (Lipinski definition) is 1. The molecule has 1 atom stereocenters. The van der Waals surface area contributed by atoms with Crippen LogP contribution in [-0.2, 0) is 4.74 Å². The highest BCUT2D eigenvalue weighted by molar-refractivity contribution is 5.01. The van der Waals surface area contributed by atoms with Crippen molar-refractivity contribution in [1.29, 1.82) is 0 Å². The molecule has 0 saturated heterocycles. The van der Waals surface area contributed by atoms with Gasteiger partial charge in [0, 0.05) is 18.2 Å².